The molecule has 0 saturated carbocycles. The Kier molecular flexibility index (Phi) is 5.27. The minimum atomic E-state index is -0.412. The van der Waals surface area contributed by atoms with Crippen molar-refractivity contribution in [1.29, 1.82) is 0 Å². The second kappa shape index (κ2) is 6.74. The van der Waals surface area contributed by atoms with Gasteiger partial charge < -0.3 is 9.47 Å². The summed E-state index contributed by atoms with van der Waals surface area (Å²) in [5.74, 6) is 0.874. The zero-order valence-electron chi connectivity index (χ0n) is 10.4. The quantitative estimate of drug-likeness (QED) is 0.328. The highest BCUT2D eigenvalue weighted by Crippen LogP contribution is 2.18. The fraction of sp³-hybridized carbons (Fsp3) is 0.357. The molecule has 0 amide bonds. The highest BCUT2D eigenvalue weighted by molar-refractivity contribution is 5.88. The fourth-order valence-corrected chi connectivity index (χ4v) is 1.13. The summed E-state index contributed by atoms with van der Waals surface area (Å²) < 4.78 is 10.6. The summed E-state index contributed by atoms with van der Waals surface area (Å²) in [6.45, 7) is 7.96. The lowest BCUT2D eigenvalue weighted by atomic mass is 10.3. The van der Waals surface area contributed by atoms with Crippen LogP contribution in [0.15, 0.2) is 36.4 Å². The number of hydrogen-bond acceptors (Lipinski definition) is 3. The summed E-state index contributed by atoms with van der Waals surface area (Å²) in [6.07, 6.45) is 2.14. The lowest BCUT2D eigenvalue weighted by molar-refractivity contribution is -0.130. The van der Waals surface area contributed by atoms with E-state index in [1.54, 1.807) is 31.2 Å². The molecule has 0 spiro atoms. The van der Waals surface area contributed by atoms with Crippen molar-refractivity contribution < 1.29 is 14.3 Å². The molecule has 0 aromatic heterocycles. The number of rotatable bonds is 6. The van der Waals surface area contributed by atoms with Gasteiger partial charge in [0.1, 0.15) is 11.5 Å². The third-order valence-corrected chi connectivity index (χ3v) is 2.15. The summed E-state index contributed by atoms with van der Waals surface area (Å²) in [5.41, 5.74) is 0.383. The molecule has 0 unspecified atom stereocenters. The molecule has 1 rings (SSSR count). The van der Waals surface area contributed by atoms with Gasteiger partial charge in [0.05, 0.1) is 6.61 Å². The number of unbranched alkanes of at least 4 members (excludes halogenated alkanes) is 1. The van der Waals surface area contributed by atoms with E-state index in [4.69, 9.17) is 9.47 Å². The largest absolute Gasteiger partial charge is 0.494 e. The van der Waals surface area contributed by atoms with Gasteiger partial charge in [-0.1, -0.05) is 19.9 Å². The standard InChI is InChI=1S/C14H18O3/c1-4-5-10-16-12-6-8-13(9-7-12)17-14(15)11(2)3/h6-9H,2,4-5,10H2,1,3H3. The molecular weight excluding hydrogens is 216 g/mol. The van der Waals surface area contributed by atoms with Crippen molar-refractivity contribution in [3.8, 4) is 11.5 Å². The van der Waals surface area contributed by atoms with Gasteiger partial charge in [0.2, 0.25) is 0 Å². The first kappa shape index (κ1) is 13.3. The van der Waals surface area contributed by atoms with E-state index in [0.717, 1.165) is 18.6 Å². The molecule has 0 bridgehead atoms. The van der Waals surface area contributed by atoms with Gasteiger partial charge in [-0.3, -0.25) is 0 Å². The molecule has 0 atom stereocenters. The second-order valence-corrected chi connectivity index (χ2v) is 3.84. The van der Waals surface area contributed by atoms with Crippen LogP contribution in [0.25, 0.3) is 0 Å². The molecule has 3 nitrogen and oxygen atoms in total. The molecule has 0 fully saturated rings. The normalized spacial score (nSPS) is 9.76. The van der Waals surface area contributed by atoms with E-state index in [2.05, 4.69) is 13.5 Å². The third-order valence-electron chi connectivity index (χ3n) is 2.15. The molecule has 0 aliphatic rings. The van der Waals surface area contributed by atoms with Crippen LogP contribution in [0.2, 0.25) is 0 Å². The second-order valence-electron chi connectivity index (χ2n) is 3.84. The maximum absolute atomic E-state index is 11.3. The zero-order chi connectivity index (χ0) is 12.7. The minimum Gasteiger partial charge on any atom is -0.494 e. The van der Waals surface area contributed by atoms with Crippen LogP contribution in [0.3, 0.4) is 0 Å². The number of carbonyl (C=O) groups excluding carboxylic acids is 1. The van der Waals surface area contributed by atoms with Gasteiger partial charge in [-0.15, -0.1) is 0 Å². The fourth-order valence-electron chi connectivity index (χ4n) is 1.13. The Morgan fingerprint density at radius 2 is 1.82 bits per heavy atom. The average Bonchev–Trinajstić information content (AvgIpc) is 2.31. The van der Waals surface area contributed by atoms with E-state index in [1.165, 1.54) is 0 Å². The van der Waals surface area contributed by atoms with E-state index < -0.39 is 5.97 Å². The lowest BCUT2D eigenvalue weighted by Gasteiger charge is -2.07. The number of carbonyl (C=O) groups is 1. The number of ether oxygens (including phenoxy) is 2. The van der Waals surface area contributed by atoms with Gasteiger partial charge in [0, 0.05) is 5.57 Å². The summed E-state index contributed by atoms with van der Waals surface area (Å²) >= 11 is 0. The molecular formula is C14H18O3. The summed E-state index contributed by atoms with van der Waals surface area (Å²) in [7, 11) is 0. The molecule has 3 heteroatoms. The molecule has 0 heterocycles. The summed E-state index contributed by atoms with van der Waals surface area (Å²) in [4.78, 5) is 11.3. The van der Waals surface area contributed by atoms with Crippen molar-refractivity contribution >= 4 is 5.97 Å². The molecule has 1 aromatic rings. The van der Waals surface area contributed by atoms with Gasteiger partial charge in [0.25, 0.3) is 0 Å². The Hall–Kier alpha value is -1.77. The molecule has 92 valence electrons. The van der Waals surface area contributed by atoms with Crippen molar-refractivity contribution in [2.75, 3.05) is 6.61 Å². The first-order valence-corrected chi connectivity index (χ1v) is 5.74. The SMILES string of the molecule is C=C(C)C(=O)Oc1ccc(OCCCC)cc1. The van der Waals surface area contributed by atoms with Gasteiger partial charge in [-0.05, 0) is 37.6 Å². The molecule has 0 N–H and O–H groups in total. The van der Waals surface area contributed by atoms with Crippen molar-refractivity contribution in [2.24, 2.45) is 0 Å². The highest BCUT2D eigenvalue weighted by atomic mass is 16.5. The average molecular weight is 234 g/mol. The minimum absolute atomic E-state index is 0.383. The summed E-state index contributed by atoms with van der Waals surface area (Å²) in [6, 6.07) is 7.00. The van der Waals surface area contributed by atoms with Crippen molar-refractivity contribution in [2.45, 2.75) is 26.7 Å². The smallest absolute Gasteiger partial charge is 0.338 e. The van der Waals surface area contributed by atoms with Crippen LogP contribution in [0.5, 0.6) is 11.5 Å². The predicted octanol–water partition coefficient (Wildman–Crippen LogP) is 3.35. The van der Waals surface area contributed by atoms with Gasteiger partial charge in [-0.25, -0.2) is 4.79 Å². The number of benzene rings is 1. The van der Waals surface area contributed by atoms with Crippen LogP contribution in [0, 0.1) is 0 Å². The molecule has 17 heavy (non-hydrogen) atoms. The molecule has 1 aromatic carbocycles. The van der Waals surface area contributed by atoms with Crippen LogP contribution in [-0.2, 0) is 4.79 Å². The Labute approximate surface area is 102 Å². The molecule has 0 radical (unpaired) electrons. The number of esters is 1. The third kappa shape index (κ3) is 4.72. The highest BCUT2D eigenvalue weighted by Gasteiger charge is 2.04. The van der Waals surface area contributed by atoms with Gasteiger partial charge in [-0.2, -0.15) is 0 Å². The first-order valence-electron chi connectivity index (χ1n) is 5.74. The zero-order valence-corrected chi connectivity index (χ0v) is 10.4. The van der Waals surface area contributed by atoms with Gasteiger partial charge in [0.15, 0.2) is 0 Å². The van der Waals surface area contributed by atoms with Crippen LogP contribution in [0.4, 0.5) is 0 Å². The van der Waals surface area contributed by atoms with E-state index in [-0.39, 0.29) is 0 Å². The van der Waals surface area contributed by atoms with Crippen LogP contribution in [-0.4, -0.2) is 12.6 Å². The molecule has 0 saturated heterocycles. The van der Waals surface area contributed by atoms with E-state index >= 15 is 0 Å². The Balaban J connectivity index is 2.50. The molecule has 0 aliphatic heterocycles. The van der Waals surface area contributed by atoms with Crippen molar-refractivity contribution in [3.63, 3.8) is 0 Å². The van der Waals surface area contributed by atoms with Crippen molar-refractivity contribution in [3.05, 3.63) is 36.4 Å². The van der Waals surface area contributed by atoms with Gasteiger partial charge >= 0.3 is 5.97 Å². The Morgan fingerprint density at radius 3 is 2.35 bits per heavy atom. The topological polar surface area (TPSA) is 35.5 Å². The Morgan fingerprint density at radius 1 is 1.24 bits per heavy atom. The van der Waals surface area contributed by atoms with Crippen LogP contribution < -0.4 is 9.47 Å². The van der Waals surface area contributed by atoms with E-state index in [1.807, 2.05) is 0 Å². The lowest BCUT2D eigenvalue weighted by Crippen LogP contribution is -2.08. The van der Waals surface area contributed by atoms with E-state index in [0.29, 0.717) is 17.9 Å². The van der Waals surface area contributed by atoms with Crippen LogP contribution in [0.1, 0.15) is 26.7 Å². The van der Waals surface area contributed by atoms with Crippen LogP contribution >= 0.6 is 0 Å². The summed E-state index contributed by atoms with van der Waals surface area (Å²) in [5, 5.41) is 0. The maximum Gasteiger partial charge on any atom is 0.338 e. The molecule has 0 aliphatic carbocycles. The van der Waals surface area contributed by atoms with Crippen molar-refractivity contribution in [1.82, 2.24) is 0 Å². The Bertz CT molecular complexity index is 379. The maximum atomic E-state index is 11.3. The predicted molar refractivity (Wildman–Crippen MR) is 67.3 cm³/mol. The monoisotopic (exact) mass is 234 g/mol. The number of hydrogen-bond donors (Lipinski definition) is 0. The first-order chi connectivity index (χ1) is 8.13. The van der Waals surface area contributed by atoms with E-state index in [9.17, 15) is 4.79 Å².